The van der Waals surface area contributed by atoms with E-state index in [-0.39, 0.29) is 11.3 Å². The van der Waals surface area contributed by atoms with Gasteiger partial charge in [0.05, 0.1) is 22.3 Å². The molecule has 1 aromatic rings. The molecule has 1 amide bonds. The topological polar surface area (TPSA) is 78.9 Å². The number of carbonyl (C=O) groups excluding carboxylic acids is 1. The van der Waals surface area contributed by atoms with E-state index in [1.165, 1.54) is 0 Å². The van der Waals surface area contributed by atoms with Crippen LogP contribution in [0.1, 0.15) is 38.7 Å². The molecule has 0 aliphatic heterocycles. The second-order valence-electron chi connectivity index (χ2n) is 5.56. The molecular formula is C15H20ClN3O. The maximum Gasteiger partial charge on any atom is 0.224 e. The van der Waals surface area contributed by atoms with Gasteiger partial charge in [-0.25, -0.2) is 0 Å². The number of amides is 1. The molecule has 0 unspecified atom stereocenters. The van der Waals surface area contributed by atoms with Crippen molar-refractivity contribution in [3.63, 3.8) is 0 Å². The number of rotatable bonds is 6. The van der Waals surface area contributed by atoms with Crippen molar-refractivity contribution >= 4 is 23.2 Å². The molecule has 0 atom stereocenters. The van der Waals surface area contributed by atoms with Gasteiger partial charge in [-0.1, -0.05) is 25.4 Å². The largest absolute Gasteiger partial charge is 0.330 e. The molecule has 0 saturated heterocycles. The third-order valence-electron chi connectivity index (χ3n) is 3.22. The van der Waals surface area contributed by atoms with Gasteiger partial charge in [-0.3, -0.25) is 4.79 Å². The molecule has 20 heavy (non-hydrogen) atoms. The molecule has 1 aromatic carbocycles. The van der Waals surface area contributed by atoms with E-state index in [2.05, 4.69) is 19.2 Å². The molecule has 0 aliphatic rings. The number of carbonyl (C=O) groups is 1. The predicted molar refractivity (Wildman–Crippen MR) is 81.5 cm³/mol. The molecule has 0 aromatic heterocycles. The first-order valence-corrected chi connectivity index (χ1v) is 6.95. The fourth-order valence-electron chi connectivity index (χ4n) is 1.87. The summed E-state index contributed by atoms with van der Waals surface area (Å²) in [5.74, 6) is -0.105. The predicted octanol–water partition coefficient (Wildman–Crippen LogP) is 3.31. The van der Waals surface area contributed by atoms with Crippen molar-refractivity contribution in [1.82, 2.24) is 0 Å². The highest BCUT2D eigenvalue weighted by atomic mass is 35.5. The lowest BCUT2D eigenvalue weighted by Gasteiger charge is -2.23. The lowest BCUT2D eigenvalue weighted by Crippen LogP contribution is -2.20. The molecule has 4 nitrogen and oxygen atoms in total. The fourth-order valence-corrected chi connectivity index (χ4v) is 2.04. The van der Waals surface area contributed by atoms with Crippen molar-refractivity contribution in [3.8, 4) is 6.07 Å². The SMILES string of the molecule is CC(C)(CCN)CCC(=O)Nc1cc(C#N)ccc1Cl. The molecule has 3 N–H and O–H groups in total. The van der Waals surface area contributed by atoms with Crippen molar-refractivity contribution in [3.05, 3.63) is 28.8 Å². The van der Waals surface area contributed by atoms with E-state index in [1.54, 1.807) is 18.2 Å². The molecule has 0 fully saturated rings. The van der Waals surface area contributed by atoms with Crippen LogP contribution >= 0.6 is 11.6 Å². The average molecular weight is 294 g/mol. The Balaban J connectivity index is 2.61. The van der Waals surface area contributed by atoms with Crippen LogP contribution in [0.4, 0.5) is 5.69 Å². The highest BCUT2D eigenvalue weighted by molar-refractivity contribution is 6.33. The Morgan fingerprint density at radius 1 is 1.45 bits per heavy atom. The van der Waals surface area contributed by atoms with Crippen LogP contribution < -0.4 is 11.1 Å². The van der Waals surface area contributed by atoms with E-state index in [4.69, 9.17) is 22.6 Å². The van der Waals surface area contributed by atoms with Gasteiger partial charge in [-0.05, 0) is 43.0 Å². The monoisotopic (exact) mass is 293 g/mol. The van der Waals surface area contributed by atoms with E-state index in [0.717, 1.165) is 12.8 Å². The summed E-state index contributed by atoms with van der Waals surface area (Å²) >= 11 is 6.00. The molecule has 0 radical (unpaired) electrons. The lowest BCUT2D eigenvalue weighted by atomic mass is 9.84. The number of hydrogen-bond acceptors (Lipinski definition) is 3. The van der Waals surface area contributed by atoms with E-state index in [1.807, 2.05) is 6.07 Å². The standard InChI is InChI=1S/C15H20ClN3O/c1-15(2,7-8-17)6-5-14(20)19-13-9-11(10-18)3-4-12(13)16/h3-4,9H,5-8,17H2,1-2H3,(H,19,20). The Morgan fingerprint density at radius 3 is 2.75 bits per heavy atom. The number of nitrogens with two attached hydrogens (primary N) is 1. The van der Waals surface area contributed by atoms with Crippen molar-refractivity contribution in [1.29, 1.82) is 5.26 Å². The molecule has 5 heteroatoms. The quantitative estimate of drug-likeness (QED) is 0.844. The van der Waals surface area contributed by atoms with Crippen molar-refractivity contribution in [2.45, 2.75) is 33.1 Å². The fraction of sp³-hybridized carbons (Fsp3) is 0.467. The number of halogens is 1. The van der Waals surface area contributed by atoms with Crippen LogP contribution in [0.25, 0.3) is 0 Å². The summed E-state index contributed by atoms with van der Waals surface area (Å²) in [7, 11) is 0. The smallest absolute Gasteiger partial charge is 0.224 e. The van der Waals surface area contributed by atoms with Crippen LogP contribution in [-0.4, -0.2) is 12.5 Å². The number of anilines is 1. The molecular weight excluding hydrogens is 274 g/mol. The molecule has 108 valence electrons. The second kappa shape index (κ2) is 7.28. The molecule has 1 rings (SSSR count). The Morgan fingerprint density at radius 2 is 2.15 bits per heavy atom. The Hall–Kier alpha value is -1.57. The zero-order chi connectivity index (χ0) is 15.2. The number of nitrogens with one attached hydrogen (secondary N) is 1. The van der Waals surface area contributed by atoms with Gasteiger partial charge in [-0.15, -0.1) is 0 Å². The van der Waals surface area contributed by atoms with Gasteiger partial charge in [0.2, 0.25) is 5.91 Å². The van der Waals surface area contributed by atoms with Gasteiger partial charge in [0.15, 0.2) is 0 Å². The third-order valence-corrected chi connectivity index (χ3v) is 3.55. The maximum absolute atomic E-state index is 11.9. The first-order valence-electron chi connectivity index (χ1n) is 6.57. The van der Waals surface area contributed by atoms with Gasteiger partial charge in [0.25, 0.3) is 0 Å². The summed E-state index contributed by atoms with van der Waals surface area (Å²) in [6, 6.07) is 6.81. The molecule has 0 spiro atoms. The van der Waals surface area contributed by atoms with E-state index < -0.39 is 0 Å². The van der Waals surface area contributed by atoms with Gasteiger partial charge < -0.3 is 11.1 Å². The number of benzene rings is 1. The number of nitriles is 1. The molecule has 0 aliphatic carbocycles. The zero-order valence-electron chi connectivity index (χ0n) is 11.9. The minimum atomic E-state index is -0.105. The summed E-state index contributed by atoms with van der Waals surface area (Å²) < 4.78 is 0. The van der Waals surface area contributed by atoms with Crippen LogP contribution in [0.5, 0.6) is 0 Å². The number of nitrogens with zero attached hydrogens (tertiary/aromatic N) is 1. The molecule has 0 bridgehead atoms. The Bertz CT molecular complexity index is 520. The summed E-state index contributed by atoms with van der Waals surface area (Å²) in [6.07, 6.45) is 2.04. The van der Waals surface area contributed by atoms with Crippen molar-refractivity contribution in [2.75, 3.05) is 11.9 Å². The van der Waals surface area contributed by atoms with E-state index in [9.17, 15) is 4.79 Å². The van der Waals surface area contributed by atoms with Gasteiger partial charge in [0.1, 0.15) is 0 Å². The van der Waals surface area contributed by atoms with Gasteiger partial charge in [0, 0.05) is 6.42 Å². The first-order chi connectivity index (χ1) is 9.38. The Kier molecular flexibility index (Phi) is 6.00. The minimum absolute atomic E-state index is 0.0460. The summed E-state index contributed by atoms with van der Waals surface area (Å²) in [5.41, 5.74) is 6.54. The zero-order valence-corrected chi connectivity index (χ0v) is 12.6. The van der Waals surface area contributed by atoms with Crippen molar-refractivity contribution < 1.29 is 4.79 Å². The van der Waals surface area contributed by atoms with Crippen molar-refractivity contribution in [2.24, 2.45) is 11.1 Å². The Labute approximate surface area is 124 Å². The third kappa shape index (κ3) is 5.20. The highest BCUT2D eigenvalue weighted by Gasteiger charge is 2.18. The van der Waals surface area contributed by atoms with E-state index in [0.29, 0.717) is 29.2 Å². The highest BCUT2D eigenvalue weighted by Crippen LogP contribution is 2.27. The summed E-state index contributed by atoms with van der Waals surface area (Å²) in [4.78, 5) is 11.9. The maximum atomic E-state index is 11.9. The van der Waals surface area contributed by atoms with Crippen LogP contribution in [0, 0.1) is 16.7 Å². The van der Waals surface area contributed by atoms with Gasteiger partial charge >= 0.3 is 0 Å². The van der Waals surface area contributed by atoms with Gasteiger partial charge in [-0.2, -0.15) is 5.26 Å². The van der Waals surface area contributed by atoms with Crippen LogP contribution in [-0.2, 0) is 4.79 Å². The molecule has 0 saturated carbocycles. The second-order valence-corrected chi connectivity index (χ2v) is 5.96. The van der Waals surface area contributed by atoms with Crippen LogP contribution in [0.2, 0.25) is 5.02 Å². The normalized spacial score (nSPS) is 10.9. The minimum Gasteiger partial charge on any atom is -0.330 e. The summed E-state index contributed by atoms with van der Waals surface area (Å²) in [6.45, 7) is 4.80. The summed E-state index contributed by atoms with van der Waals surface area (Å²) in [5, 5.41) is 12.0. The van der Waals surface area contributed by atoms with Crippen LogP contribution in [0.15, 0.2) is 18.2 Å². The first kappa shape index (κ1) is 16.5. The average Bonchev–Trinajstić information content (AvgIpc) is 2.39. The van der Waals surface area contributed by atoms with E-state index >= 15 is 0 Å². The molecule has 0 heterocycles. The van der Waals surface area contributed by atoms with Crippen LogP contribution in [0.3, 0.4) is 0 Å². The lowest BCUT2D eigenvalue weighted by molar-refractivity contribution is -0.116. The number of hydrogen-bond donors (Lipinski definition) is 2.